The first-order valence-electron chi connectivity index (χ1n) is 6.09. The number of carbonyl (C=O) groups excluding carboxylic acids is 1. The molecule has 0 fully saturated rings. The molecule has 17 heavy (non-hydrogen) atoms. The molecule has 1 N–H and O–H groups in total. The molecule has 0 saturated carbocycles. The Morgan fingerprint density at radius 3 is 2.88 bits per heavy atom. The van der Waals surface area contributed by atoms with Crippen molar-refractivity contribution in [3.63, 3.8) is 0 Å². The topological polar surface area (TPSA) is 29.1 Å². The van der Waals surface area contributed by atoms with Gasteiger partial charge in [-0.3, -0.25) is 4.79 Å². The maximum absolute atomic E-state index is 11.8. The van der Waals surface area contributed by atoms with E-state index in [9.17, 15) is 4.79 Å². The van der Waals surface area contributed by atoms with Gasteiger partial charge in [0, 0.05) is 17.0 Å². The Hall–Kier alpha value is -0.960. The van der Waals surface area contributed by atoms with Crippen molar-refractivity contribution < 1.29 is 4.79 Å². The molecular formula is C14H21NOS. The number of thioether (sulfide) groups is 1. The molecule has 1 amide bonds. The van der Waals surface area contributed by atoms with Crippen molar-refractivity contribution >= 4 is 23.4 Å². The lowest BCUT2D eigenvalue weighted by Gasteiger charge is -2.10. The Morgan fingerprint density at radius 2 is 2.24 bits per heavy atom. The van der Waals surface area contributed by atoms with Crippen molar-refractivity contribution in [1.29, 1.82) is 0 Å². The zero-order valence-electron chi connectivity index (χ0n) is 10.8. The highest BCUT2D eigenvalue weighted by molar-refractivity contribution is 7.98. The van der Waals surface area contributed by atoms with Crippen LogP contribution in [0.5, 0.6) is 0 Å². The van der Waals surface area contributed by atoms with Gasteiger partial charge in [-0.05, 0) is 30.4 Å². The minimum absolute atomic E-state index is 0.115. The van der Waals surface area contributed by atoms with Gasteiger partial charge in [0.05, 0.1) is 0 Å². The average molecular weight is 251 g/mol. The molecule has 0 aromatic heterocycles. The number of amides is 1. The Morgan fingerprint density at radius 1 is 1.47 bits per heavy atom. The molecule has 0 bridgehead atoms. The maximum Gasteiger partial charge on any atom is 0.224 e. The molecule has 0 aliphatic heterocycles. The van der Waals surface area contributed by atoms with Gasteiger partial charge in [0.2, 0.25) is 5.91 Å². The molecule has 0 spiro atoms. The fourth-order valence-corrected chi connectivity index (χ4v) is 2.28. The van der Waals surface area contributed by atoms with Gasteiger partial charge >= 0.3 is 0 Å². The fraction of sp³-hybridized carbons (Fsp3) is 0.500. The molecule has 3 heteroatoms. The fourth-order valence-electron chi connectivity index (χ4n) is 1.82. The molecule has 94 valence electrons. The van der Waals surface area contributed by atoms with E-state index in [1.54, 1.807) is 11.8 Å². The third-order valence-corrected chi connectivity index (χ3v) is 3.39. The van der Waals surface area contributed by atoms with E-state index in [-0.39, 0.29) is 5.91 Å². The zero-order chi connectivity index (χ0) is 12.7. The van der Waals surface area contributed by atoms with Gasteiger partial charge in [0.1, 0.15) is 0 Å². The van der Waals surface area contributed by atoms with Crippen LogP contribution in [-0.4, -0.2) is 12.2 Å². The molecule has 0 saturated heterocycles. The molecule has 2 nitrogen and oxygen atoms in total. The predicted octanol–water partition coefficient (Wildman–Crippen LogP) is 4.17. The van der Waals surface area contributed by atoms with Crippen LogP contribution >= 0.6 is 11.8 Å². The molecule has 0 aliphatic carbocycles. The van der Waals surface area contributed by atoms with E-state index < -0.39 is 0 Å². The summed E-state index contributed by atoms with van der Waals surface area (Å²) in [4.78, 5) is 13.0. The van der Waals surface area contributed by atoms with Gasteiger partial charge in [-0.15, -0.1) is 11.8 Å². The Balaban J connectivity index is 2.49. The van der Waals surface area contributed by atoms with Crippen LogP contribution in [0.2, 0.25) is 0 Å². The van der Waals surface area contributed by atoms with Gasteiger partial charge in [-0.1, -0.05) is 32.8 Å². The molecule has 0 radical (unpaired) electrons. The van der Waals surface area contributed by atoms with Gasteiger partial charge in [0.25, 0.3) is 0 Å². The van der Waals surface area contributed by atoms with Crippen molar-refractivity contribution in [3.05, 3.63) is 24.3 Å². The molecule has 1 aromatic carbocycles. The standard InChI is InChI=1S/C14H21NOS/c1-4-6-11(2)9-14(16)15-12-7-5-8-13(10-12)17-3/h5,7-8,10-11H,4,6,9H2,1-3H3,(H,15,16). The highest BCUT2D eigenvalue weighted by atomic mass is 32.2. The summed E-state index contributed by atoms with van der Waals surface area (Å²) in [6.45, 7) is 4.28. The monoisotopic (exact) mass is 251 g/mol. The van der Waals surface area contributed by atoms with Crippen LogP contribution in [0.25, 0.3) is 0 Å². The largest absolute Gasteiger partial charge is 0.326 e. The first kappa shape index (κ1) is 14.1. The Labute approximate surface area is 108 Å². The third-order valence-electron chi connectivity index (χ3n) is 2.67. The summed E-state index contributed by atoms with van der Waals surface area (Å²) in [5, 5.41) is 2.95. The lowest BCUT2D eigenvalue weighted by atomic mass is 10.0. The number of anilines is 1. The summed E-state index contributed by atoms with van der Waals surface area (Å²) < 4.78 is 0. The van der Waals surface area contributed by atoms with Crippen LogP contribution in [-0.2, 0) is 4.79 Å². The second kappa shape index (κ2) is 7.38. The molecule has 1 aromatic rings. The number of nitrogens with one attached hydrogen (secondary N) is 1. The minimum Gasteiger partial charge on any atom is -0.326 e. The maximum atomic E-state index is 11.8. The Bertz CT molecular complexity index is 365. The van der Waals surface area contributed by atoms with Gasteiger partial charge < -0.3 is 5.32 Å². The summed E-state index contributed by atoms with van der Waals surface area (Å²) in [7, 11) is 0. The number of rotatable bonds is 6. The zero-order valence-corrected chi connectivity index (χ0v) is 11.6. The van der Waals surface area contributed by atoms with E-state index >= 15 is 0 Å². The van der Waals surface area contributed by atoms with Crippen LogP contribution in [0.1, 0.15) is 33.1 Å². The van der Waals surface area contributed by atoms with Crippen molar-refractivity contribution in [2.24, 2.45) is 5.92 Å². The van der Waals surface area contributed by atoms with E-state index in [0.29, 0.717) is 12.3 Å². The van der Waals surface area contributed by atoms with Crippen LogP contribution in [0.15, 0.2) is 29.2 Å². The second-order valence-corrected chi connectivity index (χ2v) is 5.26. The van der Waals surface area contributed by atoms with Crippen molar-refractivity contribution in [1.82, 2.24) is 0 Å². The van der Waals surface area contributed by atoms with E-state index in [4.69, 9.17) is 0 Å². The number of benzene rings is 1. The summed E-state index contributed by atoms with van der Waals surface area (Å²) in [6, 6.07) is 7.95. The van der Waals surface area contributed by atoms with Crippen LogP contribution in [0.3, 0.4) is 0 Å². The van der Waals surface area contributed by atoms with Crippen LogP contribution < -0.4 is 5.32 Å². The van der Waals surface area contributed by atoms with Crippen LogP contribution in [0, 0.1) is 5.92 Å². The second-order valence-electron chi connectivity index (χ2n) is 4.38. The quantitative estimate of drug-likeness (QED) is 0.769. The molecule has 0 aliphatic rings. The first-order chi connectivity index (χ1) is 8.15. The summed E-state index contributed by atoms with van der Waals surface area (Å²) in [5.41, 5.74) is 0.894. The molecule has 1 atom stereocenters. The highest BCUT2D eigenvalue weighted by Crippen LogP contribution is 2.19. The lowest BCUT2D eigenvalue weighted by Crippen LogP contribution is -2.15. The van der Waals surface area contributed by atoms with Gasteiger partial charge in [-0.2, -0.15) is 0 Å². The van der Waals surface area contributed by atoms with E-state index in [1.165, 1.54) is 4.90 Å². The van der Waals surface area contributed by atoms with Crippen molar-refractivity contribution in [2.75, 3.05) is 11.6 Å². The normalized spacial score (nSPS) is 12.2. The van der Waals surface area contributed by atoms with E-state index in [0.717, 1.165) is 18.5 Å². The van der Waals surface area contributed by atoms with Crippen LogP contribution in [0.4, 0.5) is 5.69 Å². The molecule has 0 heterocycles. The van der Waals surface area contributed by atoms with Crippen molar-refractivity contribution in [3.8, 4) is 0 Å². The predicted molar refractivity (Wildman–Crippen MR) is 75.5 cm³/mol. The summed E-state index contributed by atoms with van der Waals surface area (Å²) in [5.74, 6) is 0.577. The van der Waals surface area contributed by atoms with E-state index in [1.807, 2.05) is 30.5 Å². The Kier molecular flexibility index (Phi) is 6.12. The summed E-state index contributed by atoms with van der Waals surface area (Å²) in [6.07, 6.45) is 4.89. The third kappa shape index (κ3) is 5.26. The van der Waals surface area contributed by atoms with E-state index in [2.05, 4.69) is 19.2 Å². The van der Waals surface area contributed by atoms with Gasteiger partial charge in [-0.25, -0.2) is 0 Å². The highest BCUT2D eigenvalue weighted by Gasteiger charge is 2.08. The lowest BCUT2D eigenvalue weighted by molar-refractivity contribution is -0.117. The number of hydrogen-bond acceptors (Lipinski definition) is 2. The minimum atomic E-state index is 0.115. The first-order valence-corrected chi connectivity index (χ1v) is 7.32. The average Bonchev–Trinajstić information content (AvgIpc) is 2.29. The number of hydrogen-bond donors (Lipinski definition) is 1. The van der Waals surface area contributed by atoms with Crippen molar-refractivity contribution in [2.45, 2.75) is 38.0 Å². The molecule has 1 unspecified atom stereocenters. The molecular weight excluding hydrogens is 230 g/mol. The summed E-state index contributed by atoms with van der Waals surface area (Å²) >= 11 is 1.68. The SMILES string of the molecule is CCCC(C)CC(=O)Nc1cccc(SC)c1. The molecule has 1 rings (SSSR count). The van der Waals surface area contributed by atoms with Gasteiger partial charge in [0.15, 0.2) is 0 Å². The smallest absolute Gasteiger partial charge is 0.224 e. The number of carbonyl (C=O) groups is 1.